The number of hydrogen-bond acceptors (Lipinski definition) is 1. The van der Waals surface area contributed by atoms with E-state index in [4.69, 9.17) is 12.2 Å². The van der Waals surface area contributed by atoms with Crippen LogP contribution in [-0.4, -0.2) is 4.57 Å². The van der Waals surface area contributed by atoms with Crippen molar-refractivity contribution in [2.45, 2.75) is 19.9 Å². The highest BCUT2D eigenvalue weighted by atomic mass is 32.1. The largest absolute Gasteiger partial charge is 0.339 e. The van der Waals surface area contributed by atoms with Gasteiger partial charge in [0.05, 0.1) is 0 Å². The van der Waals surface area contributed by atoms with Gasteiger partial charge in [0, 0.05) is 18.1 Å². The van der Waals surface area contributed by atoms with Crippen molar-refractivity contribution in [3.8, 4) is 0 Å². The van der Waals surface area contributed by atoms with Crippen LogP contribution >= 0.6 is 12.2 Å². The number of nitrogens with zero attached hydrogens (tertiary/aromatic N) is 1. The van der Waals surface area contributed by atoms with Gasteiger partial charge in [-0.1, -0.05) is 43.4 Å². The van der Waals surface area contributed by atoms with Gasteiger partial charge in [-0.05, 0) is 17.9 Å². The van der Waals surface area contributed by atoms with Crippen LogP contribution in [0.4, 0.5) is 0 Å². The molecule has 1 aromatic heterocycles. The van der Waals surface area contributed by atoms with Crippen LogP contribution in [0.5, 0.6) is 0 Å². The molecule has 2 heteroatoms. The summed E-state index contributed by atoms with van der Waals surface area (Å²) < 4.78 is 3.09. The van der Waals surface area contributed by atoms with Crippen LogP contribution in [-0.2, 0) is 6.54 Å². The summed E-state index contributed by atoms with van der Waals surface area (Å²) in [5.41, 5.74) is 0. The number of aryl methyl sites for hydroxylation is 1. The lowest BCUT2D eigenvalue weighted by Gasteiger charge is -2.06. The lowest BCUT2D eigenvalue weighted by molar-refractivity contribution is 0.671. The Bertz CT molecular complexity index is 499. The Labute approximate surface area is 89.0 Å². The molecule has 0 aliphatic heterocycles. The van der Waals surface area contributed by atoms with Crippen molar-refractivity contribution >= 4 is 23.0 Å². The Hall–Kier alpha value is -1.15. The lowest BCUT2D eigenvalue weighted by Crippen LogP contribution is -1.98. The zero-order chi connectivity index (χ0) is 9.97. The maximum Gasteiger partial charge on any atom is 0.113 e. The van der Waals surface area contributed by atoms with E-state index in [0.29, 0.717) is 0 Å². The number of pyridine rings is 1. The first-order valence-electron chi connectivity index (χ1n) is 4.91. The van der Waals surface area contributed by atoms with Crippen molar-refractivity contribution in [1.82, 2.24) is 4.57 Å². The van der Waals surface area contributed by atoms with E-state index >= 15 is 0 Å². The number of fused-ring (bicyclic) bond motifs is 1. The maximum atomic E-state index is 5.42. The molecule has 0 spiro atoms. The molecule has 0 bridgehead atoms. The molecule has 1 nitrogen and oxygen atoms in total. The molecule has 14 heavy (non-hydrogen) atoms. The summed E-state index contributed by atoms with van der Waals surface area (Å²) in [6.07, 6.45) is 3.20. The van der Waals surface area contributed by atoms with Crippen LogP contribution in [0, 0.1) is 4.64 Å². The molecule has 0 unspecified atom stereocenters. The van der Waals surface area contributed by atoms with Crippen molar-refractivity contribution in [2.75, 3.05) is 0 Å². The average Bonchev–Trinajstić information content (AvgIpc) is 2.23. The van der Waals surface area contributed by atoms with Crippen LogP contribution in [0.3, 0.4) is 0 Å². The zero-order valence-corrected chi connectivity index (χ0v) is 9.05. The summed E-state index contributed by atoms with van der Waals surface area (Å²) in [6, 6.07) is 10.4. The van der Waals surface area contributed by atoms with E-state index in [-0.39, 0.29) is 0 Å². The zero-order valence-electron chi connectivity index (χ0n) is 8.23. The summed E-state index contributed by atoms with van der Waals surface area (Å²) in [6.45, 7) is 3.17. The summed E-state index contributed by atoms with van der Waals surface area (Å²) in [4.78, 5) is 0. The first-order valence-corrected chi connectivity index (χ1v) is 5.32. The van der Waals surface area contributed by atoms with E-state index in [2.05, 4.69) is 35.9 Å². The smallest absolute Gasteiger partial charge is 0.113 e. The molecule has 0 saturated heterocycles. The molecule has 0 atom stereocenters. The first-order chi connectivity index (χ1) is 6.83. The van der Waals surface area contributed by atoms with Gasteiger partial charge in [0.25, 0.3) is 0 Å². The predicted octanol–water partition coefficient (Wildman–Crippen LogP) is 3.78. The summed E-state index contributed by atoms with van der Waals surface area (Å²) in [5.74, 6) is 0. The molecule has 1 heterocycles. The van der Waals surface area contributed by atoms with Gasteiger partial charge in [-0.2, -0.15) is 0 Å². The second-order valence-corrected chi connectivity index (χ2v) is 3.79. The number of hydrogen-bond donors (Lipinski definition) is 0. The standard InChI is InChI=1S/C12H13NS/c1-2-8-13-9-7-10-5-3-4-6-11(10)12(13)14/h3-7,9H,2,8H2,1H3. The van der Waals surface area contributed by atoms with E-state index in [1.165, 1.54) is 10.8 Å². The van der Waals surface area contributed by atoms with Gasteiger partial charge in [0.1, 0.15) is 4.64 Å². The Morgan fingerprint density at radius 1 is 1.21 bits per heavy atom. The van der Waals surface area contributed by atoms with E-state index in [1.54, 1.807) is 0 Å². The van der Waals surface area contributed by atoms with Gasteiger partial charge in [-0.15, -0.1) is 0 Å². The lowest BCUT2D eigenvalue weighted by atomic mass is 10.2. The van der Waals surface area contributed by atoms with Crippen LogP contribution in [0.1, 0.15) is 13.3 Å². The third-order valence-electron chi connectivity index (χ3n) is 2.35. The number of rotatable bonds is 2. The summed E-state index contributed by atoms with van der Waals surface area (Å²) in [5, 5.41) is 2.41. The van der Waals surface area contributed by atoms with Crippen molar-refractivity contribution in [2.24, 2.45) is 0 Å². The van der Waals surface area contributed by atoms with Crippen molar-refractivity contribution in [3.05, 3.63) is 41.2 Å². The van der Waals surface area contributed by atoms with E-state index in [1.807, 2.05) is 12.1 Å². The van der Waals surface area contributed by atoms with Gasteiger partial charge in [0.15, 0.2) is 0 Å². The minimum atomic E-state index is 0.949. The van der Waals surface area contributed by atoms with Crippen molar-refractivity contribution < 1.29 is 0 Å². The predicted molar refractivity (Wildman–Crippen MR) is 63.1 cm³/mol. The molecule has 0 N–H and O–H groups in total. The van der Waals surface area contributed by atoms with Crippen molar-refractivity contribution in [1.29, 1.82) is 0 Å². The Balaban J connectivity index is 2.69. The maximum absolute atomic E-state index is 5.42. The van der Waals surface area contributed by atoms with Crippen LogP contribution < -0.4 is 0 Å². The molecule has 0 aliphatic carbocycles. The van der Waals surface area contributed by atoms with E-state index < -0.39 is 0 Å². The van der Waals surface area contributed by atoms with Gasteiger partial charge in [-0.3, -0.25) is 0 Å². The molecule has 72 valence electrons. The van der Waals surface area contributed by atoms with E-state index in [9.17, 15) is 0 Å². The fourth-order valence-corrected chi connectivity index (χ4v) is 1.98. The minimum absolute atomic E-state index is 0.949. The normalized spacial score (nSPS) is 10.6. The van der Waals surface area contributed by atoms with E-state index in [0.717, 1.165) is 17.6 Å². The van der Waals surface area contributed by atoms with Gasteiger partial charge < -0.3 is 4.57 Å². The van der Waals surface area contributed by atoms with Crippen molar-refractivity contribution in [3.63, 3.8) is 0 Å². The fraction of sp³-hybridized carbons (Fsp3) is 0.250. The number of aromatic nitrogens is 1. The highest BCUT2D eigenvalue weighted by Crippen LogP contribution is 2.15. The quantitative estimate of drug-likeness (QED) is 0.672. The molecule has 0 fully saturated rings. The molecule has 2 aromatic rings. The van der Waals surface area contributed by atoms with Gasteiger partial charge in [0.2, 0.25) is 0 Å². The summed E-state index contributed by atoms with van der Waals surface area (Å²) in [7, 11) is 0. The molecule has 0 aliphatic rings. The molecule has 0 saturated carbocycles. The van der Waals surface area contributed by atoms with Crippen LogP contribution in [0.15, 0.2) is 36.5 Å². The molecule has 0 radical (unpaired) electrons. The first kappa shape index (κ1) is 9.41. The monoisotopic (exact) mass is 203 g/mol. The second kappa shape index (κ2) is 3.93. The topological polar surface area (TPSA) is 4.93 Å². The molecular weight excluding hydrogens is 190 g/mol. The SMILES string of the molecule is CCCn1ccc2ccccc2c1=S. The van der Waals surface area contributed by atoms with Crippen LogP contribution in [0.2, 0.25) is 0 Å². The van der Waals surface area contributed by atoms with Gasteiger partial charge in [-0.25, -0.2) is 0 Å². The third-order valence-corrected chi connectivity index (χ3v) is 2.81. The fourth-order valence-electron chi connectivity index (χ4n) is 1.65. The van der Waals surface area contributed by atoms with Gasteiger partial charge >= 0.3 is 0 Å². The molecule has 2 rings (SSSR count). The second-order valence-electron chi connectivity index (χ2n) is 3.40. The average molecular weight is 203 g/mol. The number of benzene rings is 1. The molecular formula is C12H13NS. The molecule has 0 amide bonds. The highest BCUT2D eigenvalue weighted by molar-refractivity contribution is 7.71. The Morgan fingerprint density at radius 3 is 2.79 bits per heavy atom. The molecule has 1 aromatic carbocycles. The summed E-state index contributed by atoms with van der Waals surface area (Å²) >= 11 is 5.42. The van der Waals surface area contributed by atoms with Crippen LogP contribution in [0.25, 0.3) is 10.8 Å². The third kappa shape index (κ3) is 1.58. The Morgan fingerprint density at radius 2 is 2.00 bits per heavy atom. The minimum Gasteiger partial charge on any atom is -0.339 e. The Kier molecular flexibility index (Phi) is 2.64. The highest BCUT2D eigenvalue weighted by Gasteiger charge is 1.96.